The van der Waals surface area contributed by atoms with Gasteiger partial charge in [-0.05, 0) is 25.1 Å². The fourth-order valence-corrected chi connectivity index (χ4v) is 1.11. The summed E-state index contributed by atoms with van der Waals surface area (Å²) >= 11 is 0. The third-order valence-electron chi connectivity index (χ3n) is 2.01. The highest BCUT2D eigenvalue weighted by molar-refractivity contribution is 5.92. The number of benzene rings is 1. The normalized spacial score (nSPS) is 11.1. The van der Waals surface area contributed by atoms with E-state index in [-0.39, 0.29) is 0 Å². The average molecular weight is 232 g/mol. The van der Waals surface area contributed by atoms with Crippen molar-refractivity contribution in [2.24, 2.45) is 0 Å². The first-order valence-electron chi connectivity index (χ1n) is 4.90. The minimum atomic E-state index is -1.10. The van der Waals surface area contributed by atoms with Crippen molar-refractivity contribution in [3.63, 3.8) is 0 Å². The fourth-order valence-electron chi connectivity index (χ4n) is 1.11. The first-order valence-corrected chi connectivity index (χ1v) is 4.90. The molecule has 1 unspecified atom stereocenters. The van der Waals surface area contributed by atoms with Crippen LogP contribution in [0.2, 0.25) is 0 Å². The molecule has 88 valence electrons. The Balaban J connectivity index is 2.62. The van der Waals surface area contributed by atoms with E-state index in [2.05, 4.69) is 16.6 Å². The molecule has 0 aliphatic rings. The third kappa shape index (κ3) is 3.87. The van der Waals surface area contributed by atoms with Crippen molar-refractivity contribution >= 4 is 17.7 Å². The topological polar surface area (TPSA) is 78.4 Å². The van der Waals surface area contributed by atoms with Crippen molar-refractivity contribution in [2.45, 2.75) is 13.0 Å². The van der Waals surface area contributed by atoms with Crippen molar-refractivity contribution in [3.8, 4) is 12.3 Å². The molecule has 0 radical (unpaired) electrons. The number of nitrogens with one attached hydrogen (secondary N) is 2. The first-order chi connectivity index (χ1) is 8.02. The maximum absolute atomic E-state index is 11.4. The lowest BCUT2D eigenvalue weighted by atomic mass is 10.2. The van der Waals surface area contributed by atoms with E-state index in [0.29, 0.717) is 11.3 Å². The SMILES string of the molecule is C#Cc1cccc(NC(=O)NC(C)C(=O)O)c1. The number of hydrogen-bond acceptors (Lipinski definition) is 2. The monoisotopic (exact) mass is 232 g/mol. The number of amides is 2. The Labute approximate surface area is 98.8 Å². The van der Waals surface area contributed by atoms with E-state index in [1.54, 1.807) is 24.3 Å². The molecule has 0 aromatic heterocycles. The van der Waals surface area contributed by atoms with E-state index >= 15 is 0 Å². The maximum Gasteiger partial charge on any atom is 0.325 e. The molecule has 1 rings (SSSR count). The van der Waals surface area contributed by atoms with E-state index in [9.17, 15) is 9.59 Å². The van der Waals surface area contributed by atoms with Gasteiger partial charge in [-0.1, -0.05) is 12.0 Å². The van der Waals surface area contributed by atoms with Crippen LogP contribution in [0.4, 0.5) is 10.5 Å². The Morgan fingerprint density at radius 2 is 2.18 bits per heavy atom. The number of carbonyl (C=O) groups is 2. The summed E-state index contributed by atoms with van der Waals surface area (Å²) in [6.45, 7) is 1.37. The molecular formula is C12H12N2O3. The number of terminal acetylenes is 1. The van der Waals surface area contributed by atoms with Crippen molar-refractivity contribution in [1.29, 1.82) is 0 Å². The zero-order chi connectivity index (χ0) is 12.8. The Morgan fingerprint density at radius 1 is 1.47 bits per heavy atom. The minimum Gasteiger partial charge on any atom is -0.480 e. The molecule has 0 saturated carbocycles. The van der Waals surface area contributed by atoms with Gasteiger partial charge in [-0.15, -0.1) is 6.42 Å². The van der Waals surface area contributed by atoms with Crippen LogP contribution in [0, 0.1) is 12.3 Å². The van der Waals surface area contributed by atoms with Gasteiger partial charge in [-0.2, -0.15) is 0 Å². The Bertz CT molecular complexity index is 477. The zero-order valence-corrected chi connectivity index (χ0v) is 9.23. The molecule has 17 heavy (non-hydrogen) atoms. The van der Waals surface area contributed by atoms with Gasteiger partial charge in [0.15, 0.2) is 0 Å². The molecule has 0 bridgehead atoms. The molecule has 0 fully saturated rings. The van der Waals surface area contributed by atoms with Gasteiger partial charge in [0.2, 0.25) is 0 Å². The van der Waals surface area contributed by atoms with Crippen LogP contribution in [0.15, 0.2) is 24.3 Å². The predicted molar refractivity (Wildman–Crippen MR) is 63.6 cm³/mol. The van der Waals surface area contributed by atoms with Gasteiger partial charge in [0, 0.05) is 11.3 Å². The number of anilines is 1. The molecule has 0 saturated heterocycles. The number of rotatable bonds is 3. The molecule has 1 aromatic rings. The minimum absolute atomic E-state index is 0.510. The largest absolute Gasteiger partial charge is 0.480 e. The highest BCUT2D eigenvalue weighted by Crippen LogP contribution is 2.09. The summed E-state index contributed by atoms with van der Waals surface area (Å²) in [4.78, 5) is 21.9. The van der Waals surface area contributed by atoms with Crippen LogP contribution in [-0.4, -0.2) is 23.1 Å². The number of urea groups is 1. The van der Waals surface area contributed by atoms with Gasteiger partial charge in [0.25, 0.3) is 0 Å². The van der Waals surface area contributed by atoms with Gasteiger partial charge in [0.1, 0.15) is 6.04 Å². The Kier molecular flexibility index (Phi) is 4.12. The lowest BCUT2D eigenvalue weighted by molar-refractivity contribution is -0.138. The van der Waals surface area contributed by atoms with Crippen LogP contribution in [0.25, 0.3) is 0 Å². The second kappa shape index (κ2) is 5.56. The van der Waals surface area contributed by atoms with E-state index < -0.39 is 18.0 Å². The van der Waals surface area contributed by atoms with Gasteiger partial charge in [0.05, 0.1) is 0 Å². The van der Waals surface area contributed by atoms with Gasteiger partial charge >= 0.3 is 12.0 Å². The molecule has 1 atom stereocenters. The predicted octanol–water partition coefficient (Wildman–Crippen LogP) is 1.26. The second-order valence-electron chi connectivity index (χ2n) is 3.38. The molecule has 5 heteroatoms. The summed E-state index contributed by atoms with van der Waals surface area (Å²) in [7, 11) is 0. The maximum atomic E-state index is 11.4. The molecule has 2 amide bonds. The third-order valence-corrected chi connectivity index (χ3v) is 2.01. The smallest absolute Gasteiger partial charge is 0.325 e. The van der Waals surface area contributed by atoms with Crippen LogP contribution in [0.1, 0.15) is 12.5 Å². The van der Waals surface area contributed by atoms with E-state index in [1.807, 2.05) is 0 Å². The fraction of sp³-hybridized carbons (Fsp3) is 0.167. The van der Waals surface area contributed by atoms with Crippen LogP contribution in [0.5, 0.6) is 0 Å². The summed E-state index contributed by atoms with van der Waals surface area (Å²) in [5, 5.41) is 13.4. The van der Waals surface area contributed by atoms with Gasteiger partial charge in [-0.3, -0.25) is 4.79 Å². The Hall–Kier alpha value is -2.48. The summed E-state index contributed by atoms with van der Waals surface area (Å²) < 4.78 is 0. The van der Waals surface area contributed by atoms with Crippen molar-refractivity contribution in [2.75, 3.05) is 5.32 Å². The molecule has 0 aliphatic heterocycles. The van der Waals surface area contributed by atoms with E-state index in [4.69, 9.17) is 11.5 Å². The number of carboxylic acid groups (broad SMARTS) is 1. The summed E-state index contributed by atoms with van der Waals surface area (Å²) in [6.07, 6.45) is 5.21. The van der Waals surface area contributed by atoms with Crippen molar-refractivity contribution in [1.82, 2.24) is 5.32 Å². The lowest BCUT2D eigenvalue weighted by Gasteiger charge is -2.10. The molecule has 0 heterocycles. The lowest BCUT2D eigenvalue weighted by Crippen LogP contribution is -2.40. The second-order valence-corrected chi connectivity index (χ2v) is 3.38. The van der Waals surface area contributed by atoms with Crippen molar-refractivity contribution in [3.05, 3.63) is 29.8 Å². The van der Waals surface area contributed by atoms with E-state index in [1.165, 1.54) is 6.92 Å². The molecule has 0 spiro atoms. The first kappa shape index (κ1) is 12.6. The highest BCUT2D eigenvalue weighted by atomic mass is 16.4. The summed E-state index contributed by atoms with van der Waals surface area (Å²) in [6, 6.07) is 5.16. The van der Waals surface area contributed by atoms with Crippen LogP contribution < -0.4 is 10.6 Å². The number of carbonyl (C=O) groups excluding carboxylic acids is 1. The van der Waals surface area contributed by atoms with Gasteiger partial charge < -0.3 is 15.7 Å². The molecule has 1 aromatic carbocycles. The van der Waals surface area contributed by atoms with Crippen LogP contribution >= 0.6 is 0 Å². The van der Waals surface area contributed by atoms with Crippen molar-refractivity contribution < 1.29 is 14.7 Å². The van der Waals surface area contributed by atoms with Gasteiger partial charge in [-0.25, -0.2) is 4.79 Å². The highest BCUT2D eigenvalue weighted by Gasteiger charge is 2.13. The molecule has 0 aliphatic carbocycles. The van der Waals surface area contributed by atoms with E-state index in [0.717, 1.165) is 0 Å². The summed E-state index contributed by atoms with van der Waals surface area (Å²) in [5.74, 6) is 1.33. The van der Waals surface area contributed by atoms with Crippen LogP contribution in [0.3, 0.4) is 0 Å². The molecular weight excluding hydrogens is 220 g/mol. The zero-order valence-electron chi connectivity index (χ0n) is 9.23. The average Bonchev–Trinajstić information content (AvgIpc) is 2.28. The van der Waals surface area contributed by atoms with Crippen LogP contribution in [-0.2, 0) is 4.79 Å². The molecule has 5 nitrogen and oxygen atoms in total. The quantitative estimate of drug-likeness (QED) is 0.686. The molecule has 3 N–H and O–H groups in total. The Morgan fingerprint density at radius 3 is 2.76 bits per heavy atom. The number of carboxylic acids is 1. The number of hydrogen-bond donors (Lipinski definition) is 3. The standard InChI is InChI=1S/C12H12N2O3/c1-3-9-5-4-6-10(7-9)14-12(17)13-8(2)11(15)16/h1,4-8H,2H3,(H,15,16)(H2,13,14,17). The number of aliphatic carboxylic acids is 1. The summed E-state index contributed by atoms with van der Waals surface area (Å²) in [5.41, 5.74) is 1.14.